The minimum atomic E-state index is -0.742. The van der Waals surface area contributed by atoms with Gasteiger partial charge < -0.3 is 29.3 Å². The zero-order chi connectivity index (χ0) is 39.4. The number of fused-ring (bicyclic) bond motifs is 1. The first-order chi connectivity index (χ1) is 27.9. The summed E-state index contributed by atoms with van der Waals surface area (Å²) >= 11 is 3.61. The third-order valence-electron chi connectivity index (χ3n) is 11.4. The minimum Gasteiger partial charge on any atom is -0.497 e. The lowest BCUT2D eigenvalue weighted by Gasteiger charge is -2.52. The Bertz CT molecular complexity index is 2100. The average molecular weight is 834 g/mol. The van der Waals surface area contributed by atoms with E-state index >= 15 is 4.79 Å². The van der Waals surface area contributed by atoms with Crippen LogP contribution in [0.4, 0.5) is 11.8 Å². The zero-order valence-electron chi connectivity index (χ0n) is 32.8. The second-order valence-corrected chi connectivity index (χ2v) is 15.8. The molecule has 296 valence electrons. The van der Waals surface area contributed by atoms with Crippen molar-refractivity contribution in [3.05, 3.63) is 118 Å². The Morgan fingerprint density at radius 1 is 0.860 bits per heavy atom. The van der Waals surface area contributed by atoms with Crippen molar-refractivity contribution in [1.29, 1.82) is 0 Å². The number of carbonyl (C=O) groups excluding carboxylic acids is 1. The van der Waals surface area contributed by atoms with Crippen molar-refractivity contribution in [3.8, 4) is 22.8 Å². The van der Waals surface area contributed by atoms with Crippen molar-refractivity contribution in [1.82, 2.24) is 29.7 Å². The molecule has 1 atom stereocenters. The largest absolute Gasteiger partial charge is 0.497 e. The van der Waals surface area contributed by atoms with Crippen molar-refractivity contribution in [2.45, 2.75) is 37.6 Å². The van der Waals surface area contributed by atoms with Crippen LogP contribution in [0.15, 0.2) is 89.7 Å². The number of anilines is 2. The van der Waals surface area contributed by atoms with E-state index in [1.165, 1.54) is 0 Å². The molecule has 0 saturated carbocycles. The molecule has 8 rings (SSSR count). The van der Waals surface area contributed by atoms with Gasteiger partial charge >= 0.3 is 0 Å². The average Bonchev–Trinajstić information content (AvgIpc) is 3.74. The molecule has 0 bridgehead atoms. The smallest absolute Gasteiger partial charge is 0.238 e. The number of hydrogen-bond donors (Lipinski definition) is 1. The van der Waals surface area contributed by atoms with Crippen LogP contribution in [0.2, 0.25) is 0 Å². The molecule has 2 aromatic heterocycles. The van der Waals surface area contributed by atoms with Gasteiger partial charge in [0.25, 0.3) is 0 Å². The number of rotatable bonds is 12. The van der Waals surface area contributed by atoms with Crippen LogP contribution in [0.1, 0.15) is 40.9 Å². The van der Waals surface area contributed by atoms with Gasteiger partial charge in [0.2, 0.25) is 11.9 Å². The van der Waals surface area contributed by atoms with Gasteiger partial charge in [-0.3, -0.25) is 9.69 Å². The number of methoxy groups -OCH3 is 2. The molecule has 0 spiro atoms. The van der Waals surface area contributed by atoms with Gasteiger partial charge in [-0.1, -0.05) is 59.3 Å². The lowest BCUT2D eigenvalue weighted by molar-refractivity contribution is -0.143. The third-order valence-corrected chi connectivity index (χ3v) is 12.0. The van der Waals surface area contributed by atoms with E-state index in [0.717, 1.165) is 94.4 Å². The summed E-state index contributed by atoms with van der Waals surface area (Å²) in [5.41, 5.74) is 5.17. The van der Waals surface area contributed by atoms with Crippen LogP contribution in [-0.4, -0.2) is 114 Å². The highest BCUT2D eigenvalue weighted by atomic mass is 79.9. The van der Waals surface area contributed by atoms with Gasteiger partial charge in [-0.2, -0.15) is 4.98 Å². The summed E-state index contributed by atoms with van der Waals surface area (Å²) < 4.78 is 17.5. The van der Waals surface area contributed by atoms with Crippen molar-refractivity contribution < 1.29 is 19.0 Å². The normalized spacial score (nSPS) is 17.1. The monoisotopic (exact) mass is 832 g/mol. The summed E-state index contributed by atoms with van der Waals surface area (Å²) in [6.45, 7) is 8.64. The van der Waals surface area contributed by atoms with Gasteiger partial charge in [0.15, 0.2) is 0 Å². The number of nitrogens with zero attached hydrogens (tertiary/aromatic N) is 7. The maximum absolute atomic E-state index is 15.6. The number of morpholine rings is 1. The van der Waals surface area contributed by atoms with Crippen LogP contribution >= 0.6 is 15.9 Å². The summed E-state index contributed by atoms with van der Waals surface area (Å²) in [4.78, 5) is 42.3. The van der Waals surface area contributed by atoms with E-state index in [1.807, 2.05) is 60.9 Å². The predicted octanol–water partition coefficient (Wildman–Crippen LogP) is 6.04. The molecule has 13 heteroatoms. The molecule has 57 heavy (non-hydrogen) atoms. The third kappa shape index (κ3) is 8.32. The number of halogens is 1. The predicted molar refractivity (Wildman–Crippen MR) is 224 cm³/mol. The van der Waals surface area contributed by atoms with Crippen LogP contribution in [0.25, 0.3) is 11.3 Å². The van der Waals surface area contributed by atoms with Crippen LogP contribution in [0.5, 0.6) is 11.5 Å². The first-order valence-electron chi connectivity index (χ1n) is 19.7. The molecule has 3 aliphatic heterocycles. The van der Waals surface area contributed by atoms with Crippen molar-refractivity contribution in [3.63, 3.8) is 0 Å². The van der Waals surface area contributed by atoms with E-state index in [0.29, 0.717) is 50.9 Å². The summed E-state index contributed by atoms with van der Waals surface area (Å²) in [5, 5.41) is 3.44. The van der Waals surface area contributed by atoms with E-state index in [2.05, 4.69) is 67.1 Å². The molecule has 2 fully saturated rings. The molecule has 12 nitrogen and oxygen atoms in total. The van der Waals surface area contributed by atoms with Gasteiger partial charge in [0, 0.05) is 67.3 Å². The molecular formula is C44H49BrN8O4. The van der Waals surface area contributed by atoms with Crippen LogP contribution < -0.4 is 19.7 Å². The first-order valence-corrected chi connectivity index (χ1v) is 20.5. The number of benzene rings is 3. The van der Waals surface area contributed by atoms with Gasteiger partial charge in [-0.15, -0.1) is 0 Å². The fourth-order valence-corrected chi connectivity index (χ4v) is 8.68. The van der Waals surface area contributed by atoms with E-state index in [9.17, 15) is 0 Å². The highest BCUT2D eigenvalue weighted by molar-refractivity contribution is 9.10. The van der Waals surface area contributed by atoms with Crippen LogP contribution in [0, 0.1) is 0 Å². The van der Waals surface area contributed by atoms with E-state index in [-0.39, 0.29) is 5.91 Å². The molecule has 3 aromatic carbocycles. The molecule has 1 N–H and O–H groups in total. The molecule has 0 radical (unpaired) electrons. The standard InChI is InChI=1S/C44H49BrN8O4/c1-4-51-19-20-53(44(29-51,25-30-5-13-35(55-2)14-6-30)26-31-7-15-36(56-3)16-8-31)42(54)38(32-9-11-34(45)12-10-32)41-47-27-33(28-48-41)39-37-17-18-46-40(37)50-43(49-39)52-21-23-57-24-22-52/h5-16,27-28,38H,4,17-26,29H2,1-3H3,(H,46,49,50). The van der Waals surface area contributed by atoms with Gasteiger partial charge in [0.1, 0.15) is 29.1 Å². The number of hydrogen-bond acceptors (Lipinski definition) is 11. The second-order valence-electron chi connectivity index (χ2n) is 14.9. The minimum absolute atomic E-state index is 0.0235. The summed E-state index contributed by atoms with van der Waals surface area (Å²) in [5.74, 6) is 2.80. The number of amides is 1. The Morgan fingerprint density at radius 3 is 2.09 bits per heavy atom. The van der Waals surface area contributed by atoms with Crippen molar-refractivity contribution in [2.75, 3.05) is 83.5 Å². The van der Waals surface area contributed by atoms with E-state index in [4.69, 9.17) is 34.1 Å². The topological polar surface area (TPSA) is 118 Å². The van der Waals surface area contributed by atoms with Crippen LogP contribution in [-0.2, 0) is 28.8 Å². The molecule has 2 saturated heterocycles. The SMILES string of the molecule is CCN1CCN(C(=O)C(c2ccc(Br)cc2)c2ncc(-c3nc(N4CCOCC4)nc4c3CCN4)cn2)C(Cc2ccc(OC)cc2)(Cc2ccc(OC)cc2)C1. The molecule has 1 amide bonds. The van der Waals surface area contributed by atoms with Gasteiger partial charge in [-0.05, 0) is 78.9 Å². The quantitative estimate of drug-likeness (QED) is 0.159. The van der Waals surface area contributed by atoms with Crippen molar-refractivity contribution in [2.24, 2.45) is 0 Å². The van der Waals surface area contributed by atoms with Gasteiger partial charge in [-0.25, -0.2) is 15.0 Å². The summed E-state index contributed by atoms with van der Waals surface area (Å²) in [7, 11) is 3.36. The lowest BCUT2D eigenvalue weighted by atomic mass is 9.79. The Morgan fingerprint density at radius 2 is 1.49 bits per heavy atom. The number of aromatic nitrogens is 4. The molecule has 5 aromatic rings. The summed E-state index contributed by atoms with van der Waals surface area (Å²) in [6.07, 6.45) is 5.75. The maximum Gasteiger partial charge on any atom is 0.238 e. The number of nitrogens with one attached hydrogen (secondary N) is 1. The molecule has 5 heterocycles. The Kier molecular flexibility index (Phi) is 11.7. The molecule has 3 aliphatic rings. The summed E-state index contributed by atoms with van der Waals surface area (Å²) in [6, 6.07) is 24.4. The second kappa shape index (κ2) is 17.2. The number of carbonyl (C=O) groups is 1. The number of ether oxygens (including phenoxy) is 3. The van der Waals surface area contributed by atoms with E-state index < -0.39 is 11.5 Å². The number of likely N-dealkylation sites (N-methyl/N-ethyl adjacent to an activating group) is 1. The fourth-order valence-electron chi connectivity index (χ4n) is 8.41. The lowest BCUT2D eigenvalue weighted by Crippen LogP contribution is -2.66. The fraction of sp³-hybridized carbons (Fsp3) is 0.386. The zero-order valence-corrected chi connectivity index (χ0v) is 34.4. The van der Waals surface area contributed by atoms with E-state index in [1.54, 1.807) is 14.2 Å². The Labute approximate surface area is 342 Å². The highest BCUT2D eigenvalue weighted by Crippen LogP contribution is 2.37. The first kappa shape index (κ1) is 38.7. The Hall–Kier alpha value is -5.11. The number of piperazine rings is 1. The van der Waals surface area contributed by atoms with Crippen molar-refractivity contribution >= 4 is 33.6 Å². The van der Waals surface area contributed by atoms with Crippen LogP contribution in [0.3, 0.4) is 0 Å². The molecule has 1 unspecified atom stereocenters. The van der Waals surface area contributed by atoms with Gasteiger partial charge in [0.05, 0.1) is 38.7 Å². The maximum atomic E-state index is 15.6. The molecular weight excluding hydrogens is 784 g/mol. The molecule has 0 aliphatic carbocycles. The Balaban J connectivity index is 1.20. The highest BCUT2D eigenvalue weighted by Gasteiger charge is 2.47.